The first kappa shape index (κ1) is 19.2. The number of hydrogen-bond donors (Lipinski definition) is 1. The van der Waals surface area contributed by atoms with Crippen LogP contribution in [0.3, 0.4) is 0 Å². The van der Waals surface area contributed by atoms with Crippen LogP contribution in [0.5, 0.6) is 5.75 Å². The van der Waals surface area contributed by atoms with Crippen LogP contribution in [-0.4, -0.2) is 44.6 Å². The number of nitrogens with zero attached hydrogens (tertiary/aromatic N) is 3. The van der Waals surface area contributed by atoms with Crippen molar-refractivity contribution in [2.45, 2.75) is 69.8 Å². The maximum absolute atomic E-state index is 12.2. The predicted octanol–water partition coefficient (Wildman–Crippen LogP) is 2.51. The number of aryl methyl sites for hydroxylation is 1. The average molecular weight is 383 g/mol. The number of rotatable bonds is 5. The van der Waals surface area contributed by atoms with Gasteiger partial charge in [-0.2, -0.15) is 5.10 Å². The molecule has 0 unspecified atom stereocenters. The van der Waals surface area contributed by atoms with Crippen molar-refractivity contribution in [3.8, 4) is 5.75 Å². The van der Waals surface area contributed by atoms with Crippen molar-refractivity contribution in [2.24, 2.45) is 0 Å². The van der Waals surface area contributed by atoms with Gasteiger partial charge in [-0.15, -0.1) is 0 Å². The summed E-state index contributed by atoms with van der Waals surface area (Å²) in [5.74, 6) is 0.869. The molecule has 1 aromatic carbocycles. The SMILES string of the molecule is COc1ccc(CN2[C@@H]3CCC[C@@H]2CC(O)(Cn2nc(C)ccc2=O)C3)cc1. The highest BCUT2D eigenvalue weighted by molar-refractivity contribution is 5.27. The molecule has 0 amide bonds. The van der Waals surface area contributed by atoms with Crippen LogP contribution >= 0.6 is 0 Å². The molecule has 2 atom stereocenters. The van der Waals surface area contributed by atoms with Crippen molar-refractivity contribution < 1.29 is 9.84 Å². The first-order valence-corrected chi connectivity index (χ1v) is 10.1. The highest BCUT2D eigenvalue weighted by Crippen LogP contribution is 2.40. The smallest absolute Gasteiger partial charge is 0.266 e. The van der Waals surface area contributed by atoms with Crippen molar-refractivity contribution in [1.82, 2.24) is 14.7 Å². The number of benzene rings is 1. The maximum Gasteiger partial charge on any atom is 0.266 e. The second kappa shape index (κ2) is 7.68. The van der Waals surface area contributed by atoms with Crippen LogP contribution in [0.2, 0.25) is 0 Å². The summed E-state index contributed by atoms with van der Waals surface area (Å²) in [4.78, 5) is 14.7. The minimum atomic E-state index is -0.878. The minimum Gasteiger partial charge on any atom is -0.497 e. The Bertz CT molecular complexity index is 863. The molecule has 0 radical (unpaired) electrons. The number of methoxy groups -OCH3 is 1. The summed E-state index contributed by atoms with van der Waals surface area (Å²) in [5.41, 5.74) is 1.03. The van der Waals surface area contributed by atoms with E-state index >= 15 is 0 Å². The van der Waals surface area contributed by atoms with E-state index in [9.17, 15) is 9.90 Å². The van der Waals surface area contributed by atoms with Gasteiger partial charge in [-0.05, 0) is 56.4 Å². The summed E-state index contributed by atoms with van der Waals surface area (Å²) in [6, 6.07) is 12.2. The third-order valence-electron chi connectivity index (χ3n) is 6.21. The number of hydrogen-bond acceptors (Lipinski definition) is 5. The molecule has 28 heavy (non-hydrogen) atoms. The van der Waals surface area contributed by atoms with E-state index in [1.807, 2.05) is 19.1 Å². The van der Waals surface area contributed by atoms with Gasteiger partial charge in [0.25, 0.3) is 5.56 Å². The van der Waals surface area contributed by atoms with Crippen LogP contribution < -0.4 is 10.3 Å². The predicted molar refractivity (Wildman–Crippen MR) is 107 cm³/mol. The second-order valence-electron chi connectivity index (χ2n) is 8.36. The fourth-order valence-electron chi connectivity index (χ4n) is 4.89. The molecule has 2 saturated heterocycles. The summed E-state index contributed by atoms with van der Waals surface area (Å²) >= 11 is 0. The molecule has 1 aromatic heterocycles. The van der Waals surface area contributed by atoms with Crippen LogP contribution in [0.25, 0.3) is 0 Å². The molecule has 0 aliphatic carbocycles. The zero-order valence-electron chi connectivity index (χ0n) is 16.7. The molecule has 0 spiro atoms. The van der Waals surface area contributed by atoms with Crippen molar-refractivity contribution in [1.29, 1.82) is 0 Å². The molecular weight excluding hydrogens is 354 g/mol. The van der Waals surface area contributed by atoms with Gasteiger partial charge in [0.1, 0.15) is 5.75 Å². The molecule has 2 fully saturated rings. The number of fused-ring (bicyclic) bond motifs is 2. The molecule has 150 valence electrons. The quantitative estimate of drug-likeness (QED) is 0.859. The van der Waals surface area contributed by atoms with Crippen LogP contribution in [-0.2, 0) is 13.1 Å². The average Bonchev–Trinajstić information content (AvgIpc) is 2.66. The zero-order chi connectivity index (χ0) is 19.7. The van der Waals surface area contributed by atoms with Crippen LogP contribution in [0.15, 0.2) is 41.2 Å². The van der Waals surface area contributed by atoms with Gasteiger partial charge < -0.3 is 9.84 Å². The monoisotopic (exact) mass is 383 g/mol. The number of aliphatic hydroxyl groups is 1. The Balaban J connectivity index is 1.50. The topological polar surface area (TPSA) is 67.6 Å². The standard InChI is InChI=1S/C22H29N3O3/c1-16-6-11-21(26)25(23-16)15-22(27)12-18-4-3-5-19(13-22)24(18)14-17-7-9-20(28-2)10-8-17/h6-11,18-19,27H,3-5,12-15H2,1-2H3/t18-,19-/m1/s1. The lowest BCUT2D eigenvalue weighted by Gasteiger charge is -2.52. The van der Waals surface area contributed by atoms with E-state index in [-0.39, 0.29) is 12.1 Å². The molecular formula is C22H29N3O3. The van der Waals surface area contributed by atoms with E-state index < -0.39 is 5.60 Å². The third-order valence-corrected chi connectivity index (χ3v) is 6.21. The first-order chi connectivity index (χ1) is 13.5. The van der Waals surface area contributed by atoms with E-state index in [2.05, 4.69) is 22.1 Å². The second-order valence-corrected chi connectivity index (χ2v) is 8.36. The van der Waals surface area contributed by atoms with E-state index in [0.717, 1.165) is 30.8 Å². The molecule has 2 bridgehead atoms. The molecule has 4 rings (SSSR count). The fraction of sp³-hybridized carbons (Fsp3) is 0.545. The summed E-state index contributed by atoms with van der Waals surface area (Å²) in [5, 5.41) is 15.7. The van der Waals surface area contributed by atoms with Gasteiger partial charge >= 0.3 is 0 Å². The van der Waals surface area contributed by atoms with E-state index in [1.165, 1.54) is 22.7 Å². The molecule has 0 saturated carbocycles. The molecule has 6 nitrogen and oxygen atoms in total. The van der Waals surface area contributed by atoms with Crippen LogP contribution in [0.1, 0.15) is 43.4 Å². The highest BCUT2D eigenvalue weighted by Gasteiger charge is 2.45. The lowest BCUT2D eigenvalue weighted by Crippen LogP contribution is -2.59. The van der Waals surface area contributed by atoms with Gasteiger partial charge in [0.05, 0.1) is 24.9 Å². The van der Waals surface area contributed by atoms with Gasteiger partial charge in [0.15, 0.2) is 0 Å². The zero-order valence-corrected chi connectivity index (χ0v) is 16.7. The van der Waals surface area contributed by atoms with E-state index in [0.29, 0.717) is 24.9 Å². The van der Waals surface area contributed by atoms with Gasteiger partial charge in [0.2, 0.25) is 0 Å². The maximum atomic E-state index is 12.2. The van der Waals surface area contributed by atoms with E-state index in [4.69, 9.17) is 4.74 Å². The molecule has 2 aliphatic rings. The van der Waals surface area contributed by atoms with Gasteiger partial charge in [-0.3, -0.25) is 9.69 Å². The molecule has 2 aromatic rings. The fourth-order valence-corrected chi connectivity index (χ4v) is 4.89. The van der Waals surface area contributed by atoms with Crippen molar-refractivity contribution >= 4 is 0 Å². The Morgan fingerprint density at radius 1 is 1.14 bits per heavy atom. The first-order valence-electron chi connectivity index (χ1n) is 10.1. The summed E-state index contributed by atoms with van der Waals surface area (Å²) in [6.07, 6.45) is 4.74. The van der Waals surface area contributed by atoms with Crippen LogP contribution in [0.4, 0.5) is 0 Å². The lowest BCUT2D eigenvalue weighted by molar-refractivity contribution is -0.105. The van der Waals surface area contributed by atoms with Gasteiger partial charge in [-0.25, -0.2) is 4.68 Å². The molecule has 2 aliphatic heterocycles. The Hall–Kier alpha value is -2.18. The van der Waals surface area contributed by atoms with Crippen LogP contribution in [0, 0.1) is 6.92 Å². The summed E-state index contributed by atoms with van der Waals surface area (Å²) in [6.45, 7) is 3.03. The van der Waals surface area contributed by atoms with E-state index in [1.54, 1.807) is 13.2 Å². The Labute approximate surface area is 165 Å². The molecule has 1 N–H and O–H groups in total. The summed E-state index contributed by atoms with van der Waals surface area (Å²) in [7, 11) is 1.68. The van der Waals surface area contributed by atoms with Crippen molar-refractivity contribution in [3.05, 3.63) is 58.0 Å². The summed E-state index contributed by atoms with van der Waals surface area (Å²) < 4.78 is 6.69. The minimum absolute atomic E-state index is 0.148. The van der Waals surface area contributed by atoms with Crippen molar-refractivity contribution in [2.75, 3.05) is 7.11 Å². The molecule has 6 heteroatoms. The number of aromatic nitrogens is 2. The Morgan fingerprint density at radius 3 is 2.46 bits per heavy atom. The number of ether oxygens (including phenoxy) is 1. The largest absolute Gasteiger partial charge is 0.497 e. The Morgan fingerprint density at radius 2 is 1.82 bits per heavy atom. The van der Waals surface area contributed by atoms with Gasteiger partial charge in [0, 0.05) is 24.7 Å². The third kappa shape index (κ3) is 3.98. The highest BCUT2D eigenvalue weighted by atomic mass is 16.5. The lowest BCUT2D eigenvalue weighted by atomic mass is 9.75. The van der Waals surface area contributed by atoms with Gasteiger partial charge in [-0.1, -0.05) is 18.6 Å². The normalized spacial score (nSPS) is 27.5. The van der Waals surface area contributed by atoms with Crippen molar-refractivity contribution in [3.63, 3.8) is 0 Å². The number of piperidine rings is 2. The molecule has 3 heterocycles. The Kier molecular flexibility index (Phi) is 5.25.